The second kappa shape index (κ2) is 19.8. The Morgan fingerprint density at radius 1 is 0.879 bits per heavy atom. The van der Waals surface area contributed by atoms with Crippen LogP contribution in [0.1, 0.15) is 11.4 Å². The van der Waals surface area contributed by atoms with Crippen molar-refractivity contribution in [2.45, 2.75) is 13.1 Å². The number of aliphatic carboxylic acids is 2. The molecule has 1 aliphatic heterocycles. The molecule has 1 atom stereocenters. The normalized spacial score (nSPS) is 16.9. The number of halogens is 4. The third kappa shape index (κ3) is 17.6. The van der Waals surface area contributed by atoms with E-state index in [-0.39, 0.29) is 142 Å². The summed E-state index contributed by atoms with van der Waals surface area (Å²) in [4.78, 5) is 51.6. The first-order valence-corrected chi connectivity index (χ1v) is 10.4. The van der Waals surface area contributed by atoms with Gasteiger partial charge in [-0.3, -0.25) is 19.7 Å². The van der Waals surface area contributed by atoms with Gasteiger partial charge in [0, 0.05) is 52.4 Å². The molecule has 193 valence electrons. The Labute approximate surface area is 249 Å². The standard InChI is InChI=1S/C16H25N4O7P.4ClH.Gd/c21-15(22)10-19-6-4-18(12-28(25,26)27)5-7-20(11-16(23)24)9-14-3-1-2-13(8-19)17-14;;;;;/h1-3H,4-12H2,(H,21,22)(H,23,24)(H2,25,26,27);4*1H;/q;;;;;+3/p-3. The molecule has 17 heteroatoms. The summed E-state index contributed by atoms with van der Waals surface area (Å²) in [5.74, 6) is -2.54. The smallest absolute Gasteiger partial charge is 0.778 e. The summed E-state index contributed by atoms with van der Waals surface area (Å²) in [7, 11) is -4.59. The van der Waals surface area contributed by atoms with Crippen LogP contribution in [0.5, 0.6) is 0 Å². The van der Waals surface area contributed by atoms with E-state index >= 15 is 0 Å². The second-order valence-electron chi connectivity index (χ2n) is 6.68. The van der Waals surface area contributed by atoms with Crippen LogP contribution in [-0.4, -0.2) is 82.1 Å². The molecule has 1 aliphatic rings. The van der Waals surface area contributed by atoms with Gasteiger partial charge in [-0.05, 0) is 12.1 Å². The van der Waals surface area contributed by atoms with E-state index in [1.807, 2.05) is 0 Å². The van der Waals surface area contributed by atoms with Gasteiger partial charge in [0.1, 0.15) is 7.60 Å². The Kier molecular flexibility index (Phi) is 24.4. The number of fused-ring (bicyclic) bond motifs is 2. The van der Waals surface area contributed by atoms with E-state index in [1.165, 1.54) is 4.90 Å². The second-order valence-corrected chi connectivity index (χ2v) is 8.24. The van der Waals surface area contributed by atoms with Gasteiger partial charge < -0.3 is 34.2 Å². The van der Waals surface area contributed by atoms with Crippen molar-refractivity contribution in [2.24, 2.45) is 0 Å². The predicted molar refractivity (Wildman–Crippen MR) is 120 cm³/mol. The van der Waals surface area contributed by atoms with Gasteiger partial charge in [0.25, 0.3) is 0 Å². The maximum absolute atomic E-state index is 11.3. The number of rotatable bonds is 6. The molecule has 0 saturated heterocycles. The van der Waals surface area contributed by atoms with Crippen molar-refractivity contribution in [3.05, 3.63) is 29.6 Å². The maximum atomic E-state index is 11.3. The van der Waals surface area contributed by atoms with Gasteiger partial charge in [-0.1, -0.05) is 6.07 Å². The molecule has 0 fully saturated rings. The Morgan fingerprint density at radius 3 is 1.58 bits per heavy atom. The number of hydrogen-bond acceptors (Lipinski definition) is 10. The number of carboxylic acid groups (broad SMARTS) is 2. The van der Waals surface area contributed by atoms with Crippen LogP contribution in [0.3, 0.4) is 0 Å². The van der Waals surface area contributed by atoms with Crippen LogP contribution in [0, 0.1) is 39.9 Å². The van der Waals surface area contributed by atoms with E-state index in [0.29, 0.717) is 11.4 Å². The van der Waals surface area contributed by atoms with E-state index in [0.717, 1.165) is 0 Å². The van der Waals surface area contributed by atoms with Crippen molar-refractivity contribution in [1.82, 2.24) is 19.7 Å². The molecule has 0 saturated carbocycles. The van der Waals surface area contributed by atoms with Crippen molar-refractivity contribution in [1.29, 1.82) is 0 Å². The first-order chi connectivity index (χ1) is 13.1. The Morgan fingerprint density at radius 2 is 1.24 bits per heavy atom. The molecule has 2 rings (SSSR count). The summed E-state index contributed by atoms with van der Waals surface area (Å²) < 4.78 is 11.3. The van der Waals surface area contributed by atoms with Crippen molar-refractivity contribution in [3.63, 3.8) is 0 Å². The number of hydrogen-bond donors (Lipinski definition) is 1. The van der Waals surface area contributed by atoms with Crippen LogP contribution in [0.25, 0.3) is 0 Å². The van der Waals surface area contributed by atoms with E-state index < -0.39 is 25.8 Å². The molecule has 33 heavy (non-hydrogen) atoms. The predicted octanol–water partition coefficient (Wildman–Crippen LogP) is -2.31. The van der Waals surface area contributed by atoms with Gasteiger partial charge >= 0.3 is 39.9 Å². The summed E-state index contributed by atoms with van der Waals surface area (Å²) in [5.41, 5.74) is 1.19. The Balaban J connectivity index is -0.000000841. The topological polar surface area (TPSA) is 163 Å². The van der Waals surface area contributed by atoms with E-state index in [4.69, 9.17) is 0 Å². The molecule has 2 heterocycles. The monoisotopic (exact) mass is 715 g/mol. The summed E-state index contributed by atoms with van der Waals surface area (Å²) in [5, 5.41) is 22.1. The largest absolute Gasteiger partial charge is 3.00 e. The number of carbonyl (C=O) groups is 2. The molecular weight excluding hydrogens is 690 g/mol. The summed E-state index contributed by atoms with van der Waals surface area (Å²) in [6.07, 6.45) is -0.616. The molecule has 0 amide bonds. The first-order valence-electron chi connectivity index (χ1n) is 8.65. The summed E-state index contributed by atoms with van der Waals surface area (Å²) >= 11 is 0. The van der Waals surface area contributed by atoms with Gasteiger partial charge in [-0.25, -0.2) is 0 Å². The van der Waals surface area contributed by atoms with Crippen LogP contribution < -0.4 is 15.1 Å². The first kappa shape index (κ1) is 40.8. The molecule has 1 N–H and O–H groups in total. The number of pyridine rings is 1. The molecule has 1 radical (unpaired) electrons. The zero-order valence-electron chi connectivity index (χ0n) is 17.2. The molecule has 0 aliphatic carbocycles. The van der Waals surface area contributed by atoms with Gasteiger partial charge in [-0.2, -0.15) is 0 Å². The van der Waals surface area contributed by atoms with Crippen LogP contribution >= 0.6 is 57.2 Å². The van der Waals surface area contributed by atoms with Crippen molar-refractivity contribution < 1.29 is 74.1 Å². The summed E-state index contributed by atoms with van der Waals surface area (Å²) in [6, 6.07) is 5.19. The summed E-state index contributed by atoms with van der Waals surface area (Å²) in [6.45, 7) is 0.378. The minimum Gasteiger partial charge on any atom is -0.778 e. The van der Waals surface area contributed by atoms with E-state index in [9.17, 15) is 34.2 Å². The van der Waals surface area contributed by atoms with Crippen LogP contribution in [0.4, 0.5) is 0 Å². The fourth-order valence-corrected chi connectivity index (χ4v) is 3.82. The molecule has 1 unspecified atom stereocenters. The van der Waals surface area contributed by atoms with Crippen LogP contribution in [0.15, 0.2) is 18.2 Å². The molecule has 1 aromatic rings. The average Bonchev–Trinajstić information content (AvgIpc) is 2.54. The van der Waals surface area contributed by atoms with Gasteiger partial charge in [0.2, 0.25) is 0 Å². The van der Waals surface area contributed by atoms with Crippen molar-refractivity contribution in [3.8, 4) is 0 Å². The zero-order chi connectivity index (χ0) is 20.7. The fourth-order valence-electron chi connectivity index (χ4n) is 3.03. The molecule has 2 bridgehead atoms. The van der Waals surface area contributed by atoms with Crippen LogP contribution in [-0.2, 0) is 27.2 Å². The molecular formula is C16H26Cl4GdN4O7P. The van der Waals surface area contributed by atoms with Crippen molar-refractivity contribution >= 4 is 69.2 Å². The van der Waals surface area contributed by atoms with E-state index in [2.05, 4.69) is 4.98 Å². The van der Waals surface area contributed by atoms with E-state index in [1.54, 1.807) is 28.0 Å². The number of carboxylic acids is 2. The minimum atomic E-state index is -4.59. The third-order valence-electron chi connectivity index (χ3n) is 4.18. The number of aromatic nitrogens is 1. The maximum Gasteiger partial charge on any atom is 3.00 e. The quantitative estimate of drug-likeness (QED) is 0.315. The average molecular weight is 716 g/mol. The SMILES string of the molecule is Cl.Cl.Cl.Cl.O=C([O-])CN1CCN(CP(=O)([O-])O)CCN(CC(=O)[O-])Cc2cccc(n2)C1.[Gd+3]. The molecule has 11 nitrogen and oxygen atoms in total. The minimum absolute atomic E-state index is 0. The van der Waals surface area contributed by atoms with Gasteiger partial charge in [0.05, 0.1) is 29.6 Å². The van der Waals surface area contributed by atoms with Gasteiger partial charge in [0.15, 0.2) is 0 Å². The van der Waals surface area contributed by atoms with Crippen LogP contribution in [0.2, 0.25) is 0 Å². The number of nitrogens with zero attached hydrogens (tertiary/aromatic N) is 4. The molecule has 0 aromatic carbocycles. The number of carbonyl (C=O) groups excluding carboxylic acids is 2. The Bertz CT molecular complexity index is 720. The fraction of sp³-hybridized carbons (Fsp3) is 0.562. The Hall–Kier alpha value is 0.605. The molecule has 0 spiro atoms. The van der Waals surface area contributed by atoms with Gasteiger partial charge in [-0.15, -0.1) is 49.6 Å². The third-order valence-corrected chi connectivity index (χ3v) is 4.94. The van der Waals surface area contributed by atoms with Crippen molar-refractivity contribution in [2.75, 3.05) is 45.6 Å². The zero-order valence-corrected chi connectivity index (χ0v) is 23.6. The molecule has 1 aromatic heterocycles.